The molecule has 0 saturated carbocycles. The highest BCUT2D eigenvalue weighted by molar-refractivity contribution is 5.44. The Morgan fingerprint density at radius 3 is 2.06 bits per heavy atom. The number of phenolic OH excluding ortho intramolecular Hbond substituents is 1. The van der Waals surface area contributed by atoms with Crippen molar-refractivity contribution in [2.45, 2.75) is 0 Å². The van der Waals surface area contributed by atoms with Gasteiger partial charge in [-0.05, 0) is 12.1 Å². The van der Waals surface area contributed by atoms with Gasteiger partial charge in [0.1, 0.15) is 11.6 Å². The molecule has 0 aliphatic carbocycles. The molecule has 2 nitrogen and oxygen atoms in total. The number of para-hydroxylation sites is 1. The zero-order chi connectivity index (χ0) is 13.5. The lowest BCUT2D eigenvalue weighted by atomic mass is 10.3. The number of hydrogen-bond donors (Lipinski definition) is 2. The van der Waals surface area contributed by atoms with Gasteiger partial charge in [-0.2, -0.15) is 0 Å². The van der Waals surface area contributed by atoms with E-state index < -0.39 is 17.5 Å². The number of benzene rings is 2. The first-order chi connectivity index (χ1) is 8.54. The summed E-state index contributed by atoms with van der Waals surface area (Å²) < 4.78 is 37.3. The van der Waals surface area contributed by atoms with Crippen molar-refractivity contribution in [1.29, 1.82) is 0 Å². The second-order valence-corrected chi connectivity index (χ2v) is 3.33. The van der Waals surface area contributed by atoms with Crippen molar-refractivity contribution in [2.24, 2.45) is 0 Å². The topological polar surface area (TPSA) is 32.3 Å². The minimum atomic E-state index is -1.19. The summed E-state index contributed by atoms with van der Waals surface area (Å²) in [7, 11) is 1.39. The maximum absolute atomic E-state index is 12.6. The average Bonchev–Trinajstić information content (AvgIpc) is 2.35. The van der Waals surface area contributed by atoms with Crippen molar-refractivity contribution >= 4 is 5.69 Å². The Hall–Kier alpha value is -2.17. The van der Waals surface area contributed by atoms with Crippen LogP contribution >= 0.6 is 0 Å². The van der Waals surface area contributed by atoms with E-state index in [0.29, 0.717) is 11.8 Å². The first-order valence-corrected chi connectivity index (χ1v) is 5.11. The first kappa shape index (κ1) is 13.9. The van der Waals surface area contributed by atoms with Crippen LogP contribution in [0.25, 0.3) is 0 Å². The summed E-state index contributed by atoms with van der Waals surface area (Å²) in [6, 6.07) is 10.1. The molecule has 18 heavy (non-hydrogen) atoms. The van der Waals surface area contributed by atoms with E-state index in [2.05, 4.69) is 5.32 Å². The standard InChI is InChI=1S/C7H6F3N.C6H6O/c1-11-6-3-4(8)2-5(9)7(6)10;7-6-4-2-1-3-5-6/h2-3,11H,1H3;1-5,7H. The van der Waals surface area contributed by atoms with Crippen LogP contribution in [0.15, 0.2) is 42.5 Å². The van der Waals surface area contributed by atoms with E-state index in [0.717, 1.165) is 6.07 Å². The Bertz CT molecular complexity index is 503. The van der Waals surface area contributed by atoms with Crippen LogP contribution in [0, 0.1) is 17.5 Å². The summed E-state index contributed by atoms with van der Waals surface area (Å²) in [5.41, 5.74) is -0.178. The summed E-state index contributed by atoms with van der Waals surface area (Å²) in [6.07, 6.45) is 0. The van der Waals surface area contributed by atoms with Gasteiger partial charge in [-0.3, -0.25) is 0 Å². The van der Waals surface area contributed by atoms with Crippen molar-refractivity contribution in [3.8, 4) is 5.75 Å². The minimum absolute atomic E-state index is 0.178. The molecule has 0 amide bonds. The van der Waals surface area contributed by atoms with Gasteiger partial charge in [-0.1, -0.05) is 18.2 Å². The number of rotatable bonds is 1. The molecule has 0 atom stereocenters. The predicted molar refractivity (Wildman–Crippen MR) is 64.0 cm³/mol. The van der Waals surface area contributed by atoms with Crippen molar-refractivity contribution in [1.82, 2.24) is 0 Å². The first-order valence-electron chi connectivity index (χ1n) is 5.11. The maximum atomic E-state index is 12.6. The van der Waals surface area contributed by atoms with Gasteiger partial charge in [-0.15, -0.1) is 0 Å². The van der Waals surface area contributed by atoms with E-state index in [9.17, 15) is 13.2 Å². The highest BCUT2D eigenvalue weighted by Gasteiger charge is 2.08. The third-order valence-electron chi connectivity index (χ3n) is 2.02. The van der Waals surface area contributed by atoms with E-state index in [-0.39, 0.29) is 5.69 Å². The van der Waals surface area contributed by atoms with Crippen LogP contribution in [0.3, 0.4) is 0 Å². The average molecular weight is 255 g/mol. The molecule has 0 unspecified atom stereocenters. The van der Waals surface area contributed by atoms with Crippen LogP contribution in [0.4, 0.5) is 18.9 Å². The van der Waals surface area contributed by atoms with E-state index in [1.165, 1.54) is 7.05 Å². The minimum Gasteiger partial charge on any atom is -0.508 e. The zero-order valence-corrected chi connectivity index (χ0v) is 9.62. The fraction of sp³-hybridized carbons (Fsp3) is 0.0769. The molecule has 96 valence electrons. The van der Waals surface area contributed by atoms with Crippen LogP contribution in [-0.4, -0.2) is 12.2 Å². The molecule has 2 aromatic carbocycles. The second-order valence-electron chi connectivity index (χ2n) is 3.33. The Kier molecular flexibility index (Phi) is 5.05. The molecule has 0 spiro atoms. The maximum Gasteiger partial charge on any atom is 0.182 e. The normalized spacial score (nSPS) is 9.33. The molecule has 0 heterocycles. The molecular weight excluding hydrogens is 243 g/mol. The van der Waals surface area contributed by atoms with Gasteiger partial charge < -0.3 is 10.4 Å². The van der Waals surface area contributed by atoms with Crippen molar-refractivity contribution in [3.05, 3.63) is 59.9 Å². The molecule has 2 rings (SSSR count). The number of anilines is 1. The van der Waals surface area contributed by atoms with Gasteiger partial charge in [0.15, 0.2) is 11.6 Å². The van der Waals surface area contributed by atoms with Crippen LogP contribution in [0.2, 0.25) is 0 Å². The van der Waals surface area contributed by atoms with Crippen LogP contribution in [-0.2, 0) is 0 Å². The summed E-state index contributed by atoms with van der Waals surface area (Å²) in [5, 5.41) is 11.0. The van der Waals surface area contributed by atoms with Gasteiger partial charge >= 0.3 is 0 Å². The Balaban J connectivity index is 0.000000199. The van der Waals surface area contributed by atoms with Gasteiger partial charge in [0.05, 0.1) is 5.69 Å². The molecule has 5 heteroatoms. The van der Waals surface area contributed by atoms with Crippen molar-refractivity contribution < 1.29 is 18.3 Å². The van der Waals surface area contributed by atoms with E-state index >= 15 is 0 Å². The Morgan fingerprint density at radius 2 is 1.61 bits per heavy atom. The number of phenols is 1. The fourth-order valence-electron chi connectivity index (χ4n) is 1.17. The SMILES string of the molecule is CNc1cc(F)cc(F)c1F.Oc1ccccc1. The van der Waals surface area contributed by atoms with Crippen LogP contribution in [0.5, 0.6) is 5.75 Å². The summed E-state index contributed by atoms with van der Waals surface area (Å²) in [6.45, 7) is 0. The summed E-state index contributed by atoms with van der Waals surface area (Å²) in [5.74, 6) is -2.72. The number of aromatic hydroxyl groups is 1. The quantitative estimate of drug-likeness (QED) is 0.764. The molecule has 0 fully saturated rings. The molecule has 0 aliphatic heterocycles. The predicted octanol–water partition coefficient (Wildman–Crippen LogP) is 3.54. The fourth-order valence-corrected chi connectivity index (χ4v) is 1.17. The molecule has 0 radical (unpaired) electrons. The summed E-state index contributed by atoms with van der Waals surface area (Å²) in [4.78, 5) is 0. The van der Waals surface area contributed by atoms with Gasteiger partial charge in [0, 0.05) is 19.2 Å². The van der Waals surface area contributed by atoms with Gasteiger partial charge in [0.25, 0.3) is 0 Å². The van der Waals surface area contributed by atoms with E-state index in [4.69, 9.17) is 5.11 Å². The molecule has 0 bridgehead atoms. The van der Waals surface area contributed by atoms with E-state index in [1.54, 1.807) is 24.3 Å². The lowest BCUT2D eigenvalue weighted by molar-refractivity contribution is 0.475. The smallest absolute Gasteiger partial charge is 0.182 e. The third-order valence-corrected chi connectivity index (χ3v) is 2.02. The molecule has 0 aromatic heterocycles. The second kappa shape index (κ2) is 6.54. The van der Waals surface area contributed by atoms with Gasteiger partial charge in [-0.25, -0.2) is 13.2 Å². The van der Waals surface area contributed by atoms with Crippen LogP contribution < -0.4 is 5.32 Å². The summed E-state index contributed by atoms with van der Waals surface area (Å²) >= 11 is 0. The van der Waals surface area contributed by atoms with Gasteiger partial charge in [0.2, 0.25) is 0 Å². The zero-order valence-electron chi connectivity index (χ0n) is 9.62. The lowest BCUT2D eigenvalue weighted by Crippen LogP contribution is -1.96. The van der Waals surface area contributed by atoms with E-state index in [1.807, 2.05) is 6.07 Å². The highest BCUT2D eigenvalue weighted by Crippen LogP contribution is 2.17. The Morgan fingerprint density at radius 1 is 1.00 bits per heavy atom. The molecule has 0 saturated heterocycles. The Labute approximate surface area is 103 Å². The molecule has 0 aliphatic rings. The number of hydrogen-bond acceptors (Lipinski definition) is 2. The largest absolute Gasteiger partial charge is 0.508 e. The number of halogens is 3. The van der Waals surface area contributed by atoms with Crippen molar-refractivity contribution in [2.75, 3.05) is 12.4 Å². The monoisotopic (exact) mass is 255 g/mol. The lowest BCUT2D eigenvalue weighted by Gasteiger charge is -2.01. The highest BCUT2D eigenvalue weighted by atomic mass is 19.2. The third kappa shape index (κ3) is 4.01. The molecular formula is C13H12F3NO. The molecule has 2 N–H and O–H groups in total. The molecule has 2 aromatic rings. The van der Waals surface area contributed by atoms with Crippen LogP contribution in [0.1, 0.15) is 0 Å². The number of nitrogens with one attached hydrogen (secondary N) is 1. The van der Waals surface area contributed by atoms with Crippen molar-refractivity contribution in [3.63, 3.8) is 0 Å².